The number of carbonyl (C=O) groups is 1. The number of tetrazole rings is 1. The van der Waals surface area contributed by atoms with E-state index in [-0.39, 0.29) is 11.9 Å². The van der Waals surface area contributed by atoms with E-state index in [9.17, 15) is 4.79 Å². The molecule has 29 heavy (non-hydrogen) atoms. The molecular formula is C19H23N7O3. The standard InChI is InChI=1S/C19H23N7O3/c1-28-11-9-17-21-18(29-22-17)16-4-2-3-10-26(16)19(27)15-7-5-14(6-8-15)12-25-13-20-23-24-25/h5-8,13,16H,2-4,9-12H2,1H3. The molecule has 1 unspecified atom stereocenters. The lowest BCUT2D eigenvalue weighted by Gasteiger charge is -2.33. The van der Waals surface area contributed by atoms with Crippen molar-refractivity contribution < 1.29 is 14.1 Å². The fourth-order valence-electron chi connectivity index (χ4n) is 3.49. The van der Waals surface area contributed by atoms with Crippen molar-refractivity contribution in [3.05, 3.63) is 53.4 Å². The van der Waals surface area contributed by atoms with E-state index in [0.717, 1.165) is 24.8 Å². The molecule has 0 bridgehead atoms. The average molecular weight is 397 g/mol. The van der Waals surface area contributed by atoms with Gasteiger partial charge in [-0.15, -0.1) is 5.10 Å². The number of benzene rings is 1. The van der Waals surface area contributed by atoms with E-state index in [1.165, 1.54) is 0 Å². The molecule has 3 aromatic rings. The minimum atomic E-state index is -0.194. The van der Waals surface area contributed by atoms with E-state index < -0.39 is 0 Å². The maximum atomic E-state index is 13.2. The van der Waals surface area contributed by atoms with Crippen molar-refractivity contribution >= 4 is 5.91 Å². The number of likely N-dealkylation sites (tertiary alicyclic amines) is 1. The molecule has 2 aromatic heterocycles. The first kappa shape index (κ1) is 19.2. The molecular weight excluding hydrogens is 374 g/mol. The molecule has 152 valence electrons. The van der Waals surface area contributed by atoms with Gasteiger partial charge in [-0.2, -0.15) is 4.98 Å². The molecule has 10 heteroatoms. The number of carbonyl (C=O) groups excluding carboxylic acids is 1. The van der Waals surface area contributed by atoms with Crippen LogP contribution in [0.2, 0.25) is 0 Å². The number of amides is 1. The van der Waals surface area contributed by atoms with Crippen molar-refractivity contribution in [3.63, 3.8) is 0 Å². The maximum Gasteiger partial charge on any atom is 0.254 e. The summed E-state index contributed by atoms with van der Waals surface area (Å²) in [6.07, 6.45) is 4.94. The van der Waals surface area contributed by atoms with Gasteiger partial charge in [0.25, 0.3) is 5.91 Å². The molecule has 0 saturated carbocycles. The van der Waals surface area contributed by atoms with Crippen molar-refractivity contribution in [2.45, 2.75) is 38.3 Å². The summed E-state index contributed by atoms with van der Waals surface area (Å²) in [5.41, 5.74) is 1.65. The maximum absolute atomic E-state index is 13.2. The van der Waals surface area contributed by atoms with E-state index in [1.54, 1.807) is 18.1 Å². The quantitative estimate of drug-likeness (QED) is 0.592. The zero-order chi connectivity index (χ0) is 20.1. The molecule has 1 fully saturated rings. The lowest BCUT2D eigenvalue weighted by molar-refractivity contribution is 0.0561. The van der Waals surface area contributed by atoms with Gasteiger partial charge in [0.05, 0.1) is 13.2 Å². The average Bonchev–Trinajstić information content (AvgIpc) is 3.44. The van der Waals surface area contributed by atoms with Crippen LogP contribution in [0.5, 0.6) is 0 Å². The van der Waals surface area contributed by atoms with E-state index in [2.05, 4.69) is 25.7 Å². The van der Waals surface area contributed by atoms with Crippen LogP contribution >= 0.6 is 0 Å². The molecule has 10 nitrogen and oxygen atoms in total. The zero-order valence-corrected chi connectivity index (χ0v) is 16.3. The van der Waals surface area contributed by atoms with Gasteiger partial charge in [0.2, 0.25) is 5.89 Å². The van der Waals surface area contributed by atoms with Gasteiger partial charge < -0.3 is 14.2 Å². The largest absolute Gasteiger partial charge is 0.384 e. The molecule has 1 aliphatic rings. The van der Waals surface area contributed by atoms with Gasteiger partial charge in [0.15, 0.2) is 5.82 Å². The molecule has 3 heterocycles. The summed E-state index contributed by atoms with van der Waals surface area (Å²) in [6.45, 7) is 1.76. The van der Waals surface area contributed by atoms with E-state index in [0.29, 0.717) is 43.4 Å². The monoisotopic (exact) mass is 397 g/mol. The fraction of sp³-hybridized carbons (Fsp3) is 0.474. The Labute approximate surface area is 167 Å². The molecule has 1 aromatic carbocycles. The SMILES string of the molecule is COCCc1noc(C2CCCCN2C(=O)c2ccc(Cn3cnnn3)cc2)n1. The van der Waals surface area contributed by atoms with Gasteiger partial charge in [-0.1, -0.05) is 17.3 Å². The predicted molar refractivity (Wildman–Crippen MR) is 101 cm³/mol. The molecule has 4 rings (SSSR count). The first-order chi connectivity index (χ1) is 14.2. The number of methoxy groups -OCH3 is 1. The summed E-state index contributed by atoms with van der Waals surface area (Å²) in [6, 6.07) is 7.32. The van der Waals surface area contributed by atoms with Crippen molar-refractivity contribution in [2.24, 2.45) is 0 Å². The van der Waals surface area contributed by atoms with Crippen molar-refractivity contribution in [1.82, 2.24) is 35.2 Å². The summed E-state index contributed by atoms with van der Waals surface area (Å²) in [7, 11) is 1.64. The summed E-state index contributed by atoms with van der Waals surface area (Å²) >= 11 is 0. The van der Waals surface area contributed by atoms with Crippen LogP contribution in [-0.2, 0) is 17.7 Å². The Morgan fingerprint density at radius 3 is 2.90 bits per heavy atom. The highest BCUT2D eigenvalue weighted by atomic mass is 16.5. The minimum Gasteiger partial charge on any atom is -0.384 e. The Morgan fingerprint density at radius 1 is 1.28 bits per heavy atom. The highest BCUT2D eigenvalue weighted by Gasteiger charge is 2.32. The summed E-state index contributed by atoms with van der Waals surface area (Å²) in [5, 5.41) is 15.1. The smallest absolute Gasteiger partial charge is 0.254 e. The van der Waals surface area contributed by atoms with Gasteiger partial charge in [0, 0.05) is 25.6 Å². The third-order valence-electron chi connectivity index (χ3n) is 5.00. The Morgan fingerprint density at radius 2 is 2.14 bits per heavy atom. The highest BCUT2D eigenvalue weighted by Crippen LogP contribution is 2.31. The third-order valence-corrected chi connectivity index (χ3v) is 5.00. The molecule has 0 N–H and O–H groups in total. The Hall–Kier alpha value is -3.14. The van der Waals surface area contributed by atoms with Crippen LogP contribution in [0.4, 0.5) is 0 Å². The molecule has 1 aliphatic heterocycles. The Balaban J connectivity index is 1.47. The second kappa shape index (κ2) is 8.91. The van der Waals surface area contributed by atoms with E-state index in [1.807, 2.05) is 29.2 Å². The van der Waals surface area contributed by atoms with Crippen LogP contribution in [0, 0.1) is 0 Å². The minimum absolute atomic E-state index is 0.0275. The van der Waals surface area contributed by atoms with Crippen LogP contribution in [-0.4, -0.2) is 61.4 Å². The van der Waals surface area contributed by atoms with E-state index >= 15 is 0 Å². The fourth-order valence-corrected chi connectivity index (χ4v) is 3.49. The number of nitrogens with zero attached hydrogens (tertiary/aromatic N) is 7. The summed E-state index contributed by atoms with van der Waals surface area (Å²) in [5.74, 6) is 1.08. The number of rotatable bonds is 7. The zero-order valence-electron chi connectivity index (χ0n) is 16.3. The van der Waals surface area contributed by atoms with Crippen LogP contribution in [0.1, 0.15) is 52.9 Å². The topological polar surface area (TPSA) is 112 Å². The van der Waals surface area contributed by atoms with Crippen LogP contribution < -0.4 is 0 Å². The number of aromatic nitrogens is 6. The van der Waals surface area contributed by atoms with Crippen molar-refractivity contribution in [2.75, 3.05) is 20.3 Å². The van der Waals surface area contributed by atoms with Crippen LogP contribution in [0.15, 0.2) is 35.1 Å². The summed E-state index contributed by atoms with van der Waals surface area (Å²) in [4.78, 5) is 19.5. The molecule has 0 radical (unpaired) electrons. The second-order valence-electron chi connectivity index (χ2n) is 7.01. The van der Waals surface area contributed by atoms with Gasteiger partial charge in [0.1, 0.15) is 12.4 Å². The number of ether oxygens (including phenoxy) is 1. The Bertz CT molecular complexity index is 924. The molecule has 0 spiro atoms. The molecule has 1 atom stereocenters. The molecule has 1 amide bonds. The number of hydrogen-bond acceptors (Lipinski definition) is 8. The van der Waals surface area contributed by atoms with Crippen molar-refractivity contribution in [3.8, 4) is 0 Å². The van der Waals surface area contributed by atoms with Crippen LogP contribution in [0.25, 0.3) is 0 Å². The Kier molecular flexibility index (Phi) is 5.89. The normalized spacial score (nSPS) is 16.9. The first-order valence-electron chi connectivity index (χ1n) is 9.66. The van der Waals surface area contributed by atoms with Gasteiger partial charge >= 0.3 is 0 Å². The van der Waals surface area contributed by atoms with Crippen molar-refractivity contribution in [1.29, 1.82) is 0 Å². The molecule has 0 aliphatic carbocycles. The third kappa shape index (κ3) is 4.48. The first-order valence-corrected chi connectivity index (χ1v) is 9.66. The number of piperidine rings is 1. The van der Waals surface area contributed by atoms with Gasteiger partial charge in [-0.25, -0.2) is 4.68 Å². The van der Waals surface area contributed by atoms with E-state index in [4.69, 9.17) is 9.26 Å². The molecule has 1 saturated heterocycles. The lowest BCUT2D eigenvalue weighted by Crippen LogP contribution is -2.38. The van der Waals surface area contributed by atoms with Gasteiger partial charge in [-0.3, -0.25) is 4.79 Å². The summed E-state index contributed by atoms with van der Waals surface area (Å²) < 4.78 is 12.2. The lowest BCUT2D eigenvalue weighted by atomic mass is 10.00. The highest BCUT2D eigenvalue weighted by molar-refractivity contribution is 5.94. The second-order valence-corrected chi connectivity index (χ2v) is 7.01. The van der Waals surface area contributed by atoms with Gasteiger partial charge in [-0.05, 0) is 47.4 Å². The van der Waals surface area contributed by atoms with Crippen LogP contribution in [0.3, 0.4) is 0 Å². The number of hydrogen-bond donors (Lipinski definition) is 0. The predicted octanol–water partition coefficient (Wildman–Crippen LogP) is 1.66.